The van der Waals surface area contributed by atoms with Crippen molar-refractivity contribution in [3.8, 4) is 0 Å². The van der Waals surface area contributed by atoms with Gasteiger partial charge in [-0.25, -0.2) is 4.90 Å². The maximum absolute atomic E-state index is 13.8. The van der Waals surface area contributed by atoms with Gasteiger partial charge in [-0.2, -0.15) is 0 Å². The number of carbonyl (C=O) groups excluding carboxylic acids is 2. The molecule has 5 nitrogen and oxygen atoms in total. The number of hydrogen-bond acceptors (Lipinski definition) is 4. The zero-order chi connectivity index (χ0) is 23.7. The van der Waals surface area contributed by atoms with Gasteiger partial charge in [0.2, 0.25) is 0 Å². The Balaban J connectivity index is 1.82. The van der Waals surface area contributed by atoms with Crippen molar-refractivity contribution < 1.29 is 9.59 Å². The molecule has 2 amide bonds. The summed E-state index contributed by atoms with van der Waals surface area (Å²) < 4.78 is 0. The van der Waals surface area contributed by atoms with Crippen molar-refractivity contribution in [1.82, 2.24) is 4.90 Å². The Morgan fingerprint density at radius 3 is 2.15 bits per heavy atom. The first-order valence-corrected chi connectivity index (χ1v) is 11.0. The fourth-order valence-corrected chi connectivity index (χ4v) is 4.11. The molecule has 0 bridgehead atoms. The number of imide groups is 1. The van der Waals surface area contributed by atoms with E-state index in [4.69, 9.17) is 0 Å². The first-order valence-electron chi connectivity index (χ1n) is 11.0. The van der Waals surface area contributed by atoms with Gasteiger partial charge in [0, 0.05) is 33.4 Å². The van der Waals surface area contributed by atoms with Gasteiger partial charge in [0.25, 0.3) is 11.8 Å². The average molecular weight is 440 g/mol. The lowest BCUT2D eigenvalue weighted by Gasteiger charge is -2.22. The van der Waals surface area contributed by atoms with Gasteiger partial charge in [-0.1, -0.05) is 54.6 Å². The Labute approximate surface area is 195 Å². The Kier molecular flexibility index (Phi) is 6.05. The fraction of sp³-hybridized carbons (Fsp3) is 0.214. The minimum absolute atomic E-state index is 0.297. The Hall–Kier alpha value is -3.86. The zero-order valence-corrected chi connectivity index (χ0v) is 19.8. The number of benzene rings is 3. The maximum Gasteiger partial charge on any atom is 0.282 e. The summed E-state index contributed by atoms with van der Waals surface area (Å²) >= 11 is 0. The maximum atomic E-state index is 13.8. The van der Waals surface area contributed by atoms with E-state index in [2.05, 4.69) is 0 Å². The average Bonchev–Trinajstić information content (AvgIpc) is 3.06. The molecule has 0 saturated heterocycles. The SMILES string of the molecule is Cc1ccc(C2=C(N(C)Cc3ccccc3)C(=O)N(c3cccc(N(C)C)c3)C2=O)cc1C. The first kappa shape index (κ1) is 22.3. The van der Waals surface area contributed by atoms with Crippen LogP contribution in [-0.2, 0) is 16.1 Å². The predicted octanol–water partition coefficient (Wildman–Crippen LogP) is 4.79. The number of hydrogen-bond donors (Lipinski definition) is 0. The van der Waals surface area contributed by atoms with Gasteiger partial charge >= 0.3 is 0 Å². The third kappa shape index (κ3) is 4.27. The Morgan fingerprint density at radius 2 is 1.48 bits per heavy atom. The van der Waals surface area contributed by atoms with Crippen LogP contribution in [0.2, 0.25) is 0 Å². The number of likely N-dealkylation sites (N-methyl/N-ethyl adjacent to an activating group) is 1. The van der Waals surface area contributed by atoms with E-state index in [-0.39, 0.29) is 11.8 Å². The van der Waals surface area contributed by atoms with Crippen molar-refractivity contribution in [2.75, 3.05) is 30.9 Å². The number of nitrogens with zero attached hydrogens (tertiary/aromatic N) is 3. The summed E-state index contributed by atoms with van der Waals surface area (Å²) in [7, 11) is 5.74. The summed E-state index contributed by atoms with van der Waals surface area (Å²) in [6.07, 6.45) is 0. The summed E-state index contributed by atoms with van der Waals surface area (Å²) in [5.41, 5.74) is 6.41. The summed E-state index contributed by atoms with van der Waals surface area (Å²) in [6.45, 7) is 4.58. The lowest BCUT2D eigenvalue weighted by atomic mass is 9.99. The molecule has 0 radical (unpaired) electrons. The molecule has 5 heteroatoms. The molecule has 0 atom stereocenters. The summed E-state index contributed by atoms with van der Waals surface area (Å²) in [5.74, 6) is -0.600. The van der Waals surface area contributed by atoms with Crippen LogP contribution >= 0.6 is 0 Å². The molecule has 0 unspecified atom stereocenters. The van der Waals surface area contributed by atoms with E-state index >= 15 is 0 Å². The van der Waals surface area contributed by atoms with Crippen LogP contribution < -0.4 is 9.80 Å². The second-order valence-corrected chi connectivity index (χ2v) is 8.72. The minimum Gasteiger partial charge on any atom is -0.378 e. The zero-order valence-electron chi connectivity index (χ0n) is 19.8. The molecule has 0 spiro atoms. The van der Waals surface area contributed by atoms with Gasteiger partial charge in [0.15, 0.2) is 0 Å². The second-order valence-electron chi connectivity index (χ2n) is 8.72. The Bertz CT molecular complexity index is 1250. The molecule has 0 aliphatic carbocycles. The van der Waals surface area contributed by atoms with Crippen molar-refractivity contribution in [2.45, 2.75) is 20.4 Å². The van der Waals surface area contributed by atoms with Crippen molar-refractivity contribution in [3.63, 3.8) is 0 Å². The van der Waals surface area contributed by atoms with Gasteiger partial charge in [-0.15, -0.1) is 0 Å². The molecule has 33 heavy (non-hydrogen) atoms. The molecule has 0 aromatic heterocycles. The number of rotatable bonds is 6. The smallest absolute Gasteiger partial charge is 0.282 e. The summed E-state index contributed by atoms with van der Waals surface area (Å²) in [5, 5.41) is 0. The number of aryl methyl sites for hydroxylation is 2. The molecule has 1 aliphatic rings. The van der Waals surface area contributed by atoms with Gasteiger partial charge in [0.1, 0.15) is 5.70 Å². The van der Waals surface area contributed by atoms with Crippen molar-refractivity contribution in [3.05, 3.63) is 101 Å². The standard InChI is InChI=1S/C28H29N3O2/c1-19-14-15-22(16-20(19)2)25-26(30(5)18-21-10-7-6-8-11-21)28(33)31(27(25)32)24-13-9-12-23(17-24)29(3)4/h6-17H,18H2,1-5H3. The van der Waals surface area contributed by atoms with Crippen LogP contribution in [0.15, 0.2) is 78.5 Å². The van der Waals surface area contributed by atoms with Crippen LogP contribution in [0.5, 0.6) is 0 Å². The summed E-state index contributed by atoms with van der Waals surface area (Å²) in [4.78, 5) is 32.7. The molecule has 0 N–H and O–H groups in total. The highest BCUT2D eigenvalue weighted by Crippen LogP contribution is 2.36. The molecule has 4 rings (SSSR count). The van der Waals surface area contributed by atoms with Crippen LogP contribution in [0.4, 0.5) is 11.4 Å². The minimum atomic E-state index is -0.303. The van der Waals surface area contributed by atoms with Gasteiger partial charge in [-0.3, -0.25) is 9.59 Å². The highest BCUT2D eigenvalue weighted by molar-refractivity contribution is 6.45. The number of amides is 2. The quantitative estimate of drug-likeness (QED) is 0.518. The predicted molar refractivity (Wildman–Crippen MR) is 134 cm³/mol. The molecule has 3 aromatic carbocycles. The third-order valence-corrected chi connectivity index (χ3v) is 6.10. The normalized spacial score (nSPS) is 13.7. The van der Waals surface area contributed by atoms with Crippen LogP contribution in [0.25, 0.3) is 5.57 Å². The molecular weight excluding hydrogens is 410 g/mol. The lowest BCUT2D eigenvalue weighted by Crippen LogP contribution is -2.34. The fourth-order valence-electron chi connectivity index (χ4n) is 4.11. The molecule has 3 aromatic rings. The van der Waals surface area contributed by atoms with Gasteiger partial charge in [-0.05, 0) is 54.3 Å². The van der Waals surface area contributed by atoms with Crippen LogP contribution in [0.1, 0.15) is 22.3 Å². The van der Waals surface area contributed by atoms with E-state index in [1.54, 1.807) is 6.07 Å². The largest absolute Gasteiger partial charge is 0.378 e. The summed E-state index contributed by atoms with van der Waals surface area (Å²) in [6, 6.07) is 23.4. The van der Waals surface area contributed by atoms with Crippen molar-refractivity contribution in [2.24, 2.45) is 0 Å². The second kappa shape index (κ2) is 8.94. The van der Waals surface area contributed by atoms with Gasteiger partial charge in [0.05, 0.1) is 11.3 Å². The number of anilines is 2. The molecule has 1 aliphatic heterocycles. The van der Waals surface area contributed by atoms with Gasteiger partial charge < -0.3 is 9.80 Å². The van der Waals surface area contributed by atoms with Crippen LogP contribution in [-0.4, -0.2) is 37.9 Å². The topological polar surface area (TPSA) is 43.9 Å². The van der Waals surface area contributed by atoms with Crippen LogP contribution in [0, 0.1) is 13.8 Å². The molecule has 0 saturated carbocycles. The molecule has 168 valence electrons. The first-order chi connectivity index (χ1) is 15.8. The highest BCUT2D eigenvalue weighted by atomic mass is 16.2. The van der Waals surface area contributed by atoms with E-state index in [1.807, 2.05) is 112 Å². The van der Waals surface area contributed by atoms with E-state index in [0.29, 0.717) is 23.5 Å². The highest BCUT2D eigenvalue weighted by Gasteiger charge is 2.42. The number of carbonyl (C=O) groups is 2. The van der Waals surface area contributed by atoms with Crippen LogP contribution in [0.3, 0.4) is 0 Å². The van der Waals surface area contributed by atoms with E-state index in [1.165, 1.54) is 4.90 Å². The molecule has 1 heterocycles. The lowest BCUT2D eigenvalue weighted by molar-refractivity contribution is -0.120. The molecular formula is C28H29N3O2. The van der Waals surface area contributed by atoms with E-state index in [0.717, 1.165) is 27.9 Å². The molecule has 0 fully saturated rings. The van der Waals surface area contributed by atoms with E-state index < -0.39 is 0 Å². The van der Waals surface area contributed by atoms with Crippen molar-refractivity contribution >= 4 is 28.8 Å². The van der Waals surface area contributed by atoms with Crippen molar-refractivity contribution in [1.29, 1.82) is 0 Å². The third-order valence-electron chi connectivity index (χ3n) is 6.10. The van der Waals surface area contributed by atoms with E-state index in [9.17, 15) is 9.59 Å². The monoisotopic (exact) mass is 439 g/mol. The Morgan fingerprint density at radius 1 is 0.758 bits per heavy atom.